The Morgan fingerprint density at radius 1 is 1.15 bits per heavy atom. The summed E-state index contributed by atoms with van der Waals surface area (Å²) in [5.74, 6) is 0.454. The fraction of sp³-hybridized carbons (Fsp3) is 0.333. The summed E-state index contributed by atoms with van der Waals surface area (Å²) < 4.78 is 5.20. The zero-order valence-electron chi connectivity index (χ0n) is 15.3. The van der Waals surface area contributed by atoms with E-state index in [1.807, 2.05) is 24.3 Å². The van der Waals surface area contributed by atoms with Gasteiger partial charge in [-0.3, -0.25) is 9.59 Å². The molecule has 0 saturated heterocycles. The van der Waals surface area contributed by atoms with E-state index in [-0.39, 0.29) is 24.5 Å². The second-order valence-corrected chi connectivity index (χ2v) is 6.65. The standard InChI is InChI=1S/C21H24ClNO3/c1-4-14(2)16-7-5-6-8-18(16)23-21(25)12-10-19(24)17-13-15(22)9-11-20(17)26-3/h5-9,11,13-14H,4,10,12H2,1-3H3,(H,23,25). The molecule has 2 rings (SSSR count). The van der Waals surface area contributed by atoms with Crippen molar-refractivity contribution in [1.82, 2.24) is 0 Å². The van der Waals surface area contributed by atoms with Gasteiger partial charge in [0.1, 0.15) is 5.75 Å². The molecule has 0 radical (unpaired) electrons. The van der Waals surface area contributed by atoms with Crippen molar-refractivity contribution in [2.75, 3.05) is 12.4 Å². The maximum atomic E-state index is 12.4. The first-order valence-electron chi connectivity index (χ1n) is 8.71. The number of ether oxygens (including phenoxy) is 1. The first-order valence-corrected chi connectivity index (χ1v) is 9.09. The summed E-state index contributed by atoms with van der Waals surface area (Å²) in [5, 5.41) is 3.38. The van der Waals surface area contributed by atoms with Gasteiger partial charge in [-0.05, 0) is 42.2 Å². The van der Waals surface area contributed by atoms with Crippen molar-refractivity contribution in [3.8, 4) is 5.75 Å². The molecule has 0 aliphatic rings. The van der Waals surface area contributed by atoms with Crippen LogP contribution in [0, 0.1) is 0 Å². The van der Waals surface area contributed by atoms with Gasteiger partial charge in [-0.1, -0.05) is 43.6 Å². The first-order chi connectivity index (χ1) is 12.5. The second-order valence-electron chi connectivity index (χ2n) is 6.21. The quantitative estimate of drug-likeness (QED) is 0.625. The summed E-state index contributed by atoms with van der Waals surface area (Å²) in [6.07, 6.45) is 1.18. The number of anilines is 1. The van der Waals surface area contributed by atoms with Gasteiger partial charge in [0.15, 0.2) is 5.78 Å². The minimum absolute atomic E-state index is 0.0913. The topological polar surface area (TPSA) is 55.4 Å². The minimum atomic E-state index is -0.185. The van der Waals surface area contributed by atoms with Crippen LogP contribution in [0.3, 0.4) is 0 Å². The molecule has 0 heterocycles. The zero-order valence-corrected chi connectivity index (χ0v) is 16.1. The van der Waals surface area contributed by atoms with Gasteiger partial charge in [-0.25, -0.2) is 0 Å². The molecule has 0 aliphatic carbocycles. The third-order valence-electron chi connectivity index (χ3n) is 4.42. The molecule has 0 saturated carbocycles. The van der Waals surface area contributed by atoms with Crippen molar-refractivity contribution >= 4 is 29.0 Å². The van der Waals surface area contributed by atoms with Crippen LogP contribution < -0.4 is 10.1 Å². The number of carbonyl (C=O) groups is 2. The number of nitrogens with one attached hydrogen (secondary N) is 1. The molecule has 2 aromatic rings. The summed E-state index contributed by atoms with van der Waals surface area (Å²) in [6.45, 7) is 4.24. The molecular weight excluding hydrogens is 350 g/mol. The lowest BCUT2D eigenvalue weighted by Gasteiger charge is -2.15. The van der Waals surface area contributed by atoms with Crippen LogP contribution in [0.5, 0.6) is 5.75 Å². The maximum absolute atomic E-state index is 12.4. The van der Waals surface area contributed by atoms with E-state index in [0.717, 1.165) is 17.7 Å². The van der Waals surface area contributed by atoms with Gasteiger partial charge in [0.25, 0.3) is 0 Å². The van der Waals surface area contributed by atoms with E-state index >= 15 is 0 Å². The molecule has 0 fully saturated rings. The van der Waals surface area contributed by atoms with Crippen LogP contribution in [0.2, 0.25) is 5.02 Å². The molecule has 0 aliphatic heterocycles. The van der Waals surface area contributed by atoms with Gasteiger partial charge < -0.3 is 10.1 Å². The Labute approximate surface area is 159 Å². The van der Waals surface area contributed by atoms with Gasteiger partial charge in [-0.15, -0.1) is 0 Å². The van der Waals surface area contributed by atoms with Crippen LogP contribution in [0.4, 0.5) is 5.69 Å². The van der Waals surface area contributed by atoms with Crippen molar-refractivity contribution in [2.24, 2.45) is 0 Å². The SMILES string of the molecule is CCC(C)c1ccccc1NC(=O)CCC(=O)c1cc(Cl)ccc1OC. The molecule has 0 spiro atoms. The number of Topliss-reactive ketones (excluding diaryl/α,β-unsaturated/α-hetero) is 1. The zero-order chi connectivity index (χ0) is 19.1. The highest BCUT2D eigenvalue weighted by Gasteiger charge is 2.16. The van der Waals surface area contributed by atoms with E-state index in [4.69, 9.17) is 16.3 Å². The van der Waals surface area contributed by atoms with Crippen molar-refractivity contribution < 1.29 is 14.3 Å². The Hall–Kier alpha value is -2.33. The lowest BCUT2D eigenvalue weighted by Crippen LogP contribution is -2.15. The highest BCUT2D eigenvalue weighted by molar-refractivity contribution is 6.31. The normalized spacial score (nSPS) is 11.7. The Morgan fingerprint density at radius 2 is 1.88 bits per heavy atom. The minimum Gasteiger partial charge on any atom is -0.496 e. The van der Waals surface area contributed by atoms with E-state index in [1.165, 1.54) is 7.11 Å². The molecule has 5 heteroatoms. The van der Waals surface area contributed by atoms with Crippen molar-refractivity contribution in [1.29, 1.82) is 0 Å². The molecule has 26 heavy (non-hydrogen) atoms. The van der Waals surface area contributed by atoms with Crippen LogP contribution in [-0.4, -0.2) is 18.8 Å². The lowest BCUT2D eigenvalue weighted by molar-refractivity contribution is -0.116. The van der Waals surface area contributed by atoms with Gasteiger partial charge in [-0.2, -0.15) is 0 Å². The van der Waals surface area contributed by atoms with Crippen LogP contribution in [0.15, 0.2) is 42.5 Å². The number of methoxy groups -OCH3 is 1. The predicted octanol–water partition coefficient (Wildman–Crippen LogP) is 5.46. The summed E-state index contributed by atoms with van der Waals surface area (Å²) in [4.78, 5) is 24.7. The molecule has 2 aromatic carbocycles. The molecule has 1 N–H and O–H groups in total. The molecule has 0 aromatic heterocycles. The lowest BCUT2D eigenvalue weighted by atomic mass is 9.97. The average molecular weight is 374 g/mol. The molecule has 4 nitrogen and oxygen atoms in total. The van der Waals surface area contributed by atoms with Gasteiger partial charge in [0.05, 0.1) is 12.7 Å². The van der Waals surface area contributed by atoms with E-state index in [0.29, 0.717) is 22.3 Å². The first kappa shape index (κ1) is 20.0. The van der Waals surface area contributed by atoms with Crippen LogP contribution >= 0.6 is 11.6 Å². The molecule has 1 unspecified atom stereocenters. The molecule has 1 atom stereocenters. The van der Waals surface area contributed by atoms with E-state index in [9.17, 15) is 9.59 Å². The maximum Gasteiger partial charge on any atom is 0.224 e. The number of ketones is 1. The van der Waals surface area contributed by atoms with Crippen molar-refractivity contribution in [3.63, 3.8) is 0 Å². The van der Waals surface area contributed by atoms with E-state index in [2.05, 4.69) is 19.2 Å². The van der Waals surface area contributed by atoms with Gasteiger partial charge in [0, 0.05) is 23.6 Å². The van der Waals surface area contributed by atoms with Crippen molar-refractivity contribution in [2.45, 2.75) is 39.0 Å². The monoisotopic (exact) mass is 373 g/mol. The smallest absolute Gasteiger partial charge is 0.224 e. The summed E-state index contributed by atoms with van der Waals surface area (Å²) in [7, 11) is 1.50. The molecule has 0 bridgehead atoms. The second kappa shape index (κ2) is 9.39. The third-order valence-corrected chi connectivity index (χ3v) is 4.65. The van der Waals surface area contributed by atoms with E-state index < -0.39 is 0 Å². The number of amides is 1. The Bertz CT molecular complexity index is 789. The highest BCUT2D eigenvalue weighted by Crippen LogP contribution is 2.27. The summed E-state index contributed by atoms with van der Waals surface area (Å²) in [5.41, 5.74) is 2.30. The number of para-hydroxylation sites is 1. The van der Waals surface area contributed by atoms with Crippen molar-refractivity contribution in [3.05, 3.63) is 58.6 Å². The number of halogens is 1. The number of hydrogen-bond donors (Lipinski definition) is 1. The molecule has 1 amide bonds. The largest absolute Gasteiger partial charge is 0.496 e. The van der Waals surface area contributed by atoms with E-state index in [1.54, 1.807) is 18.2 Å². The third kappa shape index (κ3) is 5.09. The molecule has 138 valence electrons. The Morgan fingerprint density at radius 3 is 2.58 bits per heavy atom. The Kier molecular flexibility index (Phi) is 7.22. The summed E-state index contributed by atoms with van der Waals surface area (Å²) >= 11 is 5.96. The number of benzene rings is 2. The highest BCUT2D eigenvalue weighted by atomic mass is 35.5. The fourth-order valence-corrected chi connectivity index (χ4v) is 2.91. The fourth-order valence-electron chi connectivity index (χ4n) is 2.73. The van der Waals surface area contributed by atoms with Gasteiger partial charge >= 0.3 is 0 Å². The Balaban J connectivity index is 2.02. The summed E-state index contributed by atoms with van der Waals surface area (Å²) in [6, 6.07) is 12.6. The molecular formula is C21H24ClNO3. The van der Waals surface area contributed by atoms with Crippen LogP contribution in [0.1, 0.15) is 54.9 Å². The number of carbonyl (C=O) groups excluding carboxylic acids is 2. The predicted molar refractivity (Wildman–Crippen MR) is 105 cm³/mol. The van der Waals surface area contributed by atoms with Crippen LogP contribution in [0.25, 0.3) is 0 Å². The number of rotatable bonds is 8. The van der Waals surface area contributed by atoms with Gasteiger partial charge in [0.2, 0.25) is 5.91 Å². The number of hydrogen-bond acceptors (Lipinski definition) is 3. The van der Waals surface area contributed by atoms with Crippen LogP contribution in [-0.2, 0) is 4.79 Å². The average Bonchev–Trinajstić information content (AvgIpc) is 2.65.